The van der Waals surface area contributed by atoms with Crippen LogP contribution in [0, 0.1) is 5.41 Å². The Balaban J connectivity index is 2.34. The molecule has 0 radical (unpaired) electrons. The van der Waals surface area contributed by atoms with Gasteiger partial charge in [-0.3, -0.25) is 4.79 Å². The van der Waals surface area contributed by atoms with Crippen molar-refractivity contribution in [3.05, 3.63) is 58.7 Å². The van der Waals surface area contributed by atoms with Gasteiger partial charge in [0.05, 0.1) is 0 Å². The van der Waals surface area contributed by atoms with Crippen molar-refractivity contribution in [2.45, 2.75) is 125 Å². The molecule has 1 nitrogen and oxygen atoms in total. The average Bonchev–Trinajstić information content (AvgIpc) is 2.72. The van der Waals surface area contributed by atoms with E-state index < -0.39 is 0 Å². The van der Waals surface area contributed by atoms with Crippen molar-refractivity contribution < 1.29 is 4.79 Å². The van der Waals surface area contributed by atoms with Crippen LogP contribution in [-0.2, 0) is 4.79 Å². The van der Waals surface area contributed by atoms with Crippen molar-refractivity contribution in [3.63, 3.8) is 0 Å². The van der Waals surface area contributed by atoms with E-state index in [-0.39, 0.29) is 0 Å². The molecule has 1 aliphatic carbocycles. The average molecular weight is 439 g/mol. The van der Waals surface area contributed by atoms with Crippen LogP contribution in [-0.4, -0.2) is 5.78 Å². The van der Waals surface area contributed by atoms with Crippen molar-refractivity contribution in [1.29, 1.82) is 0 Å². The Morgan fingerprint density at radius 3 is 2.31 bits per heavy atom. The van der Waals surface area contributed by atoms with E-state index >= 15 is 0 Å². The van der Waals surface area contributed by atoms with Crippen molar-refractivity contribution in [3.8, 4) is 0 Å². The first-order valence-corrected chi connectivity index (χ1v) is 13.2. The lowest BCUT2D eigenvalue weighted by molar-refractivity contribution is -0.119. The summed E-state index contributed by atoms with van der Waals surface area (Å²) in [5.41, 5.74) is 5.84. The largest absolute Gasteiger partial charge is 0.300 e. The fourth-order valence-electron chi connectivity index (χ4n) is 4.57. The first kappa shape index (κ1) is 28.4. The maximum Gasteiger partial charge on any atom is 0.133 e. The summed E-state index contributed by atoms with van der Waals surface area (Å²) in [6, 6.07) is 0. The van der Waals surface area contributed by atoms with Crippen LogP contribution in [0.2, 0.25) is 0 Å². The van der Waals surface area contributed by atoms with E-state index in [1.807, 2.05) is 0 Å². The van der Waals surface area contributed by atoms with Gasteiger partial charge in [0.2, 0.25) is 0 Å². The topological polar surface area (TPSA) is 17.1 Å². The Morgan fingerprint density at radius 1 is 0.938 bits per heavy atom. The molecule has 0 aromatic rings. The highest BCUT2D eigenvalue weighted by Gasteiger charge is 2.26. The zero-order chi connectivity index (χ0) is 23.8. The molecular weight excluding hydrogens is 388 g/mol. The second-order valence-electron chi connectivity index (χ2n) is 10.4. The minimum atomic E-state index is 0.292. The molecule has 0 saturated carbocycles. The van der Waals surface area contributed by atoms with Crippen LogP contribution in [0.4, 0.5) is 0 Å². The maximum absolute atomic E-state index is 12.1. The molecule has 0 N–H and O–H groups in total. The predicted octanol–water partition coefficient (Wildman–Crippen LogP) is 10.0. The number of unbranched alkanes of at least 4 members (excludes halogenated alkanes) is 6. The van der Waals surface area contributed by atoms with Crippen LogP contribution in [0.5, 0.6) is 0 Å². The molecule has 0 saturated heterocycles. The summed E-state index contributed by atoms with van der Waals surface area (Å²) in [6.07, 6.45) is 28.2. The van der Waals surface area contributed by atoms with Gasteiger partial charge in [-0.2, -0.15) is 0 Å². The highest BCUT2D eigenvalue weighted by Crippen LogP contribution is 2.40. The number of carbonyl (C=O) groups excluding carboxylic acids is 1. The van der Waals surface area contributed by atoms with Gasteiger partial charge in [0.1, 0.15) is 5.78 Å². The van der Waals surface area contributed by atoms with Gasteiger partial charge in [-0.25, -0.2) is 0 Å². The van der Waals surface area contributed by atoms with E-state index in [0.29, 0.717) is 17.6 Å². The normalized spacial score (nSPS) is 17.7. The van der Waals surface area contributed by atoms with Crippen molar-refractivity contribution in [2.75, 3.05) is 0 Å². The fraction of sp³-hybridized carbons (Fsp3) is 0.645. The lowest BCUT2D eigenvalue weighted by Gasteiger charge is -2.32. The third-order valence-electron chi connectivity index (χ3n) is 6.72. The quantitative estimate of drug-likeness (QED) is 0.183. The van der Waals surface area contributed by atoms with Gasteiger partial charge >= 0.3 is 0 Å². The van der Waals surface area contributed by atoms with Gasteiger partial charge < -0.3 is 0 Å². The highest BCUT2D eigenvalue weighted by atomic mass is 16.1. The van der Waals surface area contributed by atoms with Crippen LogP contribution < -0.4 is 0 Å². The summed E-state index contributed by atoms with van der Waals surface area (Å²) in [4.78, 5) is 12.1. The van der Waals surface area contributed by atoms with E-state index in [1.165, 1.54) is 74.5 Å². The summed E-state index contributed by atoms with van der Waals surface area (Å²) in [7, 11) is 0. The van der Waals surface area contributed by atoms with Crippen LogP contribution in [0.3, 0.4) is 0 Å². The van der Waals surface area contributed by atoms with Crippen LogP contribution in [0.25, 0.3) is 0 Å². The minimum absolute atomic E-state index is 0.292. The first-order chi connectivity index (χ1) is 15.3. The van der Waals surface area contributed by atoms with Crippen LogP contribution in [0.15, 0.2) is 58.7 Å². The summed E-state index contributed by atoms with van der Waals surface area (Å²) < 4.78 is 0. The Morgan fingerprint density at radius 2 is 1.62 bits per heavy atom. The van der Waals surface area contributed by atoms with Crippen molar-refractivity contribution >= 4 is 5.78 Å². The third kappa shape index (κ3) is 12.4. The molecule has 0 amide bonds. The monoisotopic (exact) mass is 438 g/mol. The zero-order valence-corrected chi connectivity index (χ0v) is 22.1. The Bertz CT molecular complexity index is 709. The molecule has 0 fully saturated rings. The molecule has 0 aromatic carbocycles. The molecule has 1 aliphatic rings. The number of rotatable bonds is 15. The molecule has 1 heteroatoms. The SMILES string of the molecule is CCCCCCCCCC(=O)CCC=C(C)C=CC=C(C)C=CC1=C(C)CCCC1(C)C. The molecule has 0 heterocycles. The maximum atomic E-state index is 12.1. The molecular formula is C31H50O. The number of carbonyl (C=O) groups is 1. The predicted molar refractivity (Wildman–Crippen MR) is 143 cm³/mol. The van der Waals surface area contributed by atoms with Gasteiger partial charge in [0.25, 0.3) is 0 Å². The summed E-state index contributed by atoms with van der Waals surface area (Å²) in [5.74, 6) is 0.419. The molecule has 0 aliphatic heterocycles. The van der Waals surface area contributed by atoms with E-state index in [2.05, 4.69) is 78.0 Å². The lowest BCUT2D eigenvalue weighted by Crippen LogP contribution is -2.19. The standard InChI is InChI=1S/C31H50O/c1-7-8-9-10-11-12-13-21-29(32)22-15-19-26(2)17-14-18-27(3)23-24-30-28(4)20-16-25-31(30,5)6/h14,17-19,23-24H,7-13,15-16,20-22,25H2,1-6H3. The van der Waals surface area contributed by atoms with E-state index in [0.717, 1.165) is 19.3 Å². The molecule has 180 valence electrons. The van der Waals surface area contributed by atoms with Gasteiger partial charge in [-0.15, -0.1) is 0 Å². The van der Waals surface area contributed by atoms with Crippen molar-refractivity contribution in [1.82, 2.24) is 0 Å². The molecule has 0 unspecified atom stereocenters. The Hall–Kier alpha value is -1.63. The van der Waals surface area contributed by atoms with Gasteiger partial charge in [0.15, 0.2) is 0 Å². The third-order valence-corrected chi connectivity index (χ3v) is 6.72. The summed E-state index contributed by atoms with van der Waals surface area (Å²) in [5, 5.41) is 0. The minimum Gasteiger partial charge on any atom is -0.300 e. The second-order valence-corrected chi connectivity index (χ2v) is 10.4. The zero-order valence-electron chi connectivity index (χ0n) is 22.1. The number of Topliss-reactive ketones (excluding diaryl/α,β-unsaturated/α-hetero) is 1. The number of ketones is 1. The molecule has 32 heavy (non-hydrogen) atoms. The Kier molecular flexibility index (Phi) is 14.3. The summed E-state index contributed by atoms with van der Waals surface area (Å²) >= 11 is 0. The van der Waals surface area contributed by atoms with Crippen LogP contribution >= 0.6 is 0 Å². The number of hydrogen-bond donors (Lipinski definition) is 0. The van der Waals surface area contributed by atoms with Crippen LogP contribution in [0.1, 0.15) is 125 Å². The van der Waals surface area contributed by atoms with E-state index in [9.17, 15) is 4.79 Å². The molecule has 1 rings (SSSR count). The smallest absolute Gasteiger partial charge is 0.133 e. The number of hydrogen-bond acceptors (Lipinski definition) is 1. The molecule has 0 spiro atoms. The first-order valence-electron chi connectivity index (χ1n) is 13.2. The second kappa shape index (κ2) is 16.1. The van der Waals surface area contributed by atoms with Crippen molar-refractivity contribution in [2.24, 2.45) is 5.41 Å². The molecule has 0 bridgehead atoms. The van der Waals surface area contributed by atoms with E-state index in [4.69, 9.17) is 0 Å². The van der Waals surface area contributed by atoms with E-state index in [1.54, 1.807) is 5.57 Å². The fourth-order valence-corrected chi connectivity index (χ4v) is 4.57. The number of allylic oxidation sites excluding steroid dienone is 10. The molecule has 0 aromatic heterocycles. The lowest BCUT2D eigenvalue weighted by atomic mass is 9.72. The summed E-state index contributed by atoms with van der Waals surface area (Å²) in [6.45, 7) is 13.5. The van der Waals surface area contributed by atoms with Gasteiger partial charge in [-0.1, -0.05) is 112 Å². The highest BCUT2D eigenvalue weighted by molar-refractivity contribution is 5.78. The van der Waals surface area contributed by atoms with Gasteiger partial charge in [-0.05, 0) is 63.9 Å². The molecule has 0 atom stereocenters. The van der Waals surface area contributed by atoms with Gasteiger partial charge in [0, 0.05) is 12.8 Å². The Labute approximate surface area is 199 Å².